The Morgan fingerprint density at radius 1 is 1.18 bits per heavy atom. The van der Waals surface area contributed by atoms with E-state index < -0.39 is 0 Å². The summed E-state index contributed by atoms with van der Waals surface area (Å²) >= 11 is 1.88. The fourth-order valence-corrected chi connectivity index (χ4v) is 3.81. The van der Waals surface area contributed by atoms with Gasteiger partial charge in [0, 0.05) is 24.1 Å². The third-order valence-electron chi connectivity index (χ3n) is 4.03. The minimum atomic E-state index is -0.187. The van der Waals surface area contributed by atoms with Gasteiger partial charge in [0.2, 0.25) is 0 Å². The second kappa shape index (κ2) is 7.11. The van der Waals surface area contributed by atoms with E-state index in [1.54, 1.807) is 24.3 Å². The lowest BCUT2D eigenvalue weighted by Crippen LogP contribution is -2.29. The first kappa shape index (κ1) is 15.3. The monoisotopic (exact) mass is 316 g/mol. The predicted octanol–water partition coefficient (Wildman–Crippen LogP) is 2.32. The molecule has 2 aliphatic rings. The summed E-state index contributed by atoms with van der Waals surface area (Å²) in [7, 11) is 0. The summed E-state index contributed by atoms with van der Waals surface area (Å²) in [6, 6.07) is 7.65. The van der Waals surface area contributed by atoms with Crippen molar-refractivity contribution in [1.29, 1.82) is 0 Å². The first-order valence-electron chi connectivity index (χ1n) is 7.68. The van der Waals surface area contributed by atoms with Crippen LogP contribution in [0.15, 0.2) is 36.4 Å². The van der Waals surface area contributed by atoms with Crippen LogP contribution in [0.1, 0.15) is 33.6 Å². The minimum absolute atomic E-state index is 0.187. The molecule has 0 aromatic heterocycles. The van der Waals surface area contributed by atoms with E-state index in [0.29, 0.717) is 23.7 Å². The lowest BCUT2D eigenvalue weighted by molar-refractivity contribution is 0.0672. The molecule has 1 saturated heterocycles. The molecule has 3 rings (SSSR count). The summed E-state index contributed by atoms with van der Waals surface area (Å²) in [5, 5.41) is 3.47. The molecular weight excluding hydrogens is 296 g/mol. The topological polar surface area (TPSA) is 49.4 Å². The second-order valence-electron chi connectivity index (χ2n) is 5.57. The quantitative estimate of drug-likeness (QED) is 0.497. The van der Waals surface area contributed by atoms with Crippen LogP contribution in [0, 0.1) is 0 Å². The number of hydrogen-bond acceptors (Lipinski definition) is 4. The maximum absolute atomic E-state index is 12.2. The van der Waals surface area contributed by atoms with E-state index in [9.17, 15) is 9.59 Å². The van der Waals surface area contributed by atoms with E-state index in [1.807, 2.05) is 23.9 Å². The molecule has 2 heterocycles. The highest BCUT2D eigenvalue weighted by Gasteiger charge is 2.33. The number of carbonyl (C=O) groups excluding carboxylic acids is 2. The molecule has 22 heavy (non-hydrogen) atoms. The van der Waals surface area contributed by atoms with Gasteiger partial charge in [-0.05, 0) is 31.5 Å². The molecule has 0 bridgehead atoms. The summed E-state index contributed by atoms with van der Waals surface area (Å²) in [5.41, 5.74) is 1.03. The van der Waals surface area contributed by atoms with Crippen LogP contribution >= 0.6 is 11.8 Å². The van der Waals surface area contributed by atoms with Crippen molar-refractivity contribution in [2.24, 2.45) is 0 Å². The molecule has 0 unspecified atom stereocenters. The molecule has 5 heteroatoms. The molecule has 1 N–H and O–H groups in total. The van der Waals surface area contributed by atoms with Gasteiger partial charge in [-0.25, -0.2) is 0 Å². The van der Waals surface area contributed by atoms with Crippen LogP contribution in [0.3, 0.4) is 0 Å². The van der Waals surface area contributed by atoms with E-state index >= 15 is 0 Å². The van der Waals surface area contributed by atoms with Crippen LogP contribution in [0.5, 0.6) is 0 Å². The number of rotatable bonds is 6. The molecule has 1 fully saturated rings. The summed E-state index contributed by atoms with van der Waals surface area (Å²) in [4.78, 5) is 25.6. The van der Waals surface area contributed by atoms with Gasteiger partial charge in [-0.15, -0.1) is 0 Å². The smallest absolute Gasteiger partial charge is 0.261 e. The lowest BCUT2D eigenvalue weighted by atomic mass is 10.1. The zero-order valence-corrected chi connectivity index (χ0v) is 13.3. The summed E-state index contributed by atoms with van der Waals surface area (Å²) < 4.78 is 0. The van der Waals surface area contributed by atoms with Crippen LogP contribution in [0.2, 0.25) is 0 Å². The van der Waals surface area contributed by atoms with Gasteiger partial charge in [0.05, 0.1) is 11.1 Å². The number of nitrogens with one attached hydrogen (secondary N) is 1. The molecule has 0 spiro atoms. The van der Waals surface area contributed by atoms with Crippen LogP contribution < -0.4 is 5.32 Å². The fraction of sp³-hybridized carbons (Fsp3) is 0.412. The van der Waals surface area contributed by atoms with Gasteiger partial charge in [-0.3, -0.25) is 14.5 Å². The van der Waals surface area contributed by atoms with E-state index in [1.165, 1.54) is 17.7 Å². The van der Waals surface area contributed by atoms with Gasteiger partial charge in [-0.2, -0.15) is 11.8 Å². The molecule has 2 aliphatic heterocycles. The van der Waals surface area contributed by atoms with Crippen molar-refractivity contribution >= 4 is 23.6 Å². The van der Waals surface area contributed by atoms with Gasteiger partial charge in [0.1, 0.15) is 0 Å². The van der Waals surface area contributed by atoms with Crippen molar-refractivity contribution in [2.75, 3.05) is 24.6 Å². The number of benzene rings is 1. The van der Waals surface area contributed by atoms with Gasteiger partial charge >= 0.3 is 0 Å². The van der Waals surface area contributed by atoms with Gasteiger partial charge in [-0.1, -0.05) is 24.3 Å². The van der Waals surface area contributed by atoms with Crippen molar-refractivity contribution < 1.29 is 9.59 Å². The summed E-state index contributed by atoms with van der Waals surface area (Å²) in [6.07, 6.45) is 6.51. The van der Waals surface area contributed by atoms with E-state index in [-0.39, 0.29) is 11.8 Å². The maximum Gasteiger partial charge on any atom is 0.261 e. The largest absolute Gasteiger partial charge is 0.313 e. The Bertz CT molecular complexity index is 559. The summed E-state index contributed by atoms with van der Waals surface area (Å²) in [6.45, 7) is 1.50. The number of hydrogen-bond donors (Lipinski definition) is 1. The van der Waals surface area contributed by atoms with Crippen LogP contribution in [-0.4, -0.2) is 47.4 Å². The Morgan fingerprint density at radius 3 is 2.55 bits per heavy atom. The van der Waals surface area contributed by atoms with Crippen molar-refractivity contribution in [3.8, 4) is 0 Å². The molecule has 2 amide bonds. The van der Waals surface area contributed by atoms with Gasteiger partial charge < -0.3 is 5.32 Å². The van der Waals surface area contributed by atoms with E-state index in [0.717, 1.165) is 18.1 Å². The number of fused-ring (bicyclic) bond motifs is 1. The van der Waals surface area contributed by atoms with Crippen molar-refractivity contribution in [3.63, 3.8) is 0 Å². The average molecular weight is 316 g/mol. The standard InChI is InChI=1S/C17H20N2O2S/c20-16-14-7-1-2-8-15(14)17(21)19(16)10-3-4-11-22-12-13-6-5-9-18-13/h1-4,7-8,13,18H,5-6,9-12H2/t13-/m0/s1. The van der Waals surface area contributed by atoms with E-state index in [4.69, 9.17) is 0 Å². The number of amides is 2. The molecule has 1 aromatic rings. The van der Waals surface area contributed by atoms with Crippen molar-refractivity contribution in [1.82, 2.24) is 10.2 Å². The number of thioether (sulfide) groups is 1. The Hall–Kier alpha value is -1.59. The number of imide groups is 1. The predicted molar refractivity (Wildman–Crippen MR) is 89.3 cm³/mol. The number of nitrogens with zero attached hydrogens (tertiary/aromatic N) is 1. The molecule has 4 nitrogen and oxygen atoms in total. The summed E-state index contributed by atoms with van der Waals surface area (Å²) in [5.74, 6) is 1.67. The normalized spacial score (nSPS) is 21.1. The van der Waals surface area contributed by atoms with Crippen LogP contribution in [-0.2, 0) is 0 Å². The Kier molecular flexibility index (Phi) is 4.95. The van der Waals surface area contributed by atoms with Crippen molar-refractivity contribution in [3.05, 3.63) is 47.5 Å². The third kappa shape index (κ3) is 3.25. The van der Waals surface area contributed by atoms with Gasteiger partial charge in [0.25, 0.3) is 11.8 Å². The lowest BCUT2D eigenvalue weighted by Gasteiger charge is -2.10. The third-order valence-corrected chi connectivity index (χ3v) is 5.09. The molecule has 0 aliphatic carbocycles. The minimum Gasteiger partial charge on any atom is -0.313 e. The Labute approximate surface area is 135 Å². The first-order valence-corrected chi connectivity index (χ1v) is 8.84. The SMILES string of the molecule is O=C1c2ccccc2C(=O)N1CC=CCSC[C@@H]1CCCN1. The molecule has 1 atom stereocenters. The van der Waals surface area contributed by atoms with Gasteiger partial charge in [0.15, 0.2) is 0 Å². The average Bonchev–Trinajstić information content (AvgIpc) is 3.13. The second-order valence-corrected chi connectivity index (χ2v) is 6.64. The first-order chi connectivity index (χ1) is 10.8. The molecule has 1 aromatic carbocycles. The molecule has 0 radical (unpaired) electrons. The molecule has 0 saturated carbocycles. The molecule has 116 valence electrons. The van der Waals surface area contributed by atoms with Crippen LogP contribution in [0.4, 0.5) is 0 Å². The number of carbonyl (C=O) groups is 2. The highest BCUT2D eigenvalue weighted by atomic mass is 32.2. The zero-order valence-electron chi connectivity index (χ0n) is 12.5. The highest BCUT2D eigenvalue weighted by molar-refractivity contribution is 7.99. The Morgan fingerprint density at radius 2 is 1.91 bits per heavy atom. The van der Waals surface area contributed by atoms with E-state index in [2.05, 4.69) is 5.32 Å². The highest BCUT2D eigenvalue weighted by Crippen LogP contribution is 2.22. The zero-order chi connectivity index (χ0) is 15.4. The van der Waals surface area contributed by atoms with Crippen LogP contribution in [0.25, 0.3) is 0 Å². The maximum atomic E-state index is 12.2. The Balaban J connectivity index is 1.45. The molecular formula is C17H20N2O2S. The van der Waals surface area contributed by atoms with Crippen molar-refractivity contribution in [2.45, 2.75) is 18.9 Å². The fourth-order valence-electron chi connectivity index (χ4n) is 2.83.